The lowest BCUT2D eigenvalue weighted by Crippen LogP contribution is -2.28. The quantitative estimate of drug-likeness (QED) is 0.191. The highest BCUT2D eigenvalue weighted by Crippen LogP contribution is 2.44. The topological polar surface area (TPSA) is 9.23 Å². The molecule has 1 nitrogen and oxygen atoms in total. The second-order valence-electron chi connectivity index (χ2n) is 6.99. The molecule has 0 saturated carbocycles. The van der Waals surface area contributed by atoms with E-state index in [0.717, 1.165) is 19.3 Å². The summed E-state index contributed by atoms with van der Waals surface area (Å²) in [6.07, 6.45) is 12.0. The van der Waals surface area contributed by atoms with Gasteiger partial charge in [0.15, 0.2) is 10.3 Å². The van der Waals surface area contributed by atoms with Gasteiger partial charge in [0.2, 0.25) is 0 Å². The Morgan fingerprint density at radius 3 is 2.26 bits per heavy atom. The number of benzene rings is 1. The van der Waals surface area contributed by atoms with Crippen LogP contribution >= 0.6 is 15.9 Å². The summed E-state index contributed by atoms with van der Waals surface area (Å²) in [4.78, 5) is 0. The minimum absolute atomic E-state index is 0.110. The van der Waals surface area contributed by atoms with Crippen molar-refractivity contribution in [3.63, 3.8) is 0 Å². The average molecular weight is 445 g/mol. The predicted octanol–water partition coefficient (Wildman–Crippen LogP) is 7.88. The molecule has 0 radical (unpaired) electrons. The van der Waals surface area contributed by atoms with E-state index in [4.69, 9.17) is 4.74 Å². The molecule has 0 aromatic heterocycles. The van der Waals surface area contributed by atoms with E-state index in [2.05, 4.69) is 22.9 Å². The van der Waals surface area contributed by atoms with Crippen molar-refractivity contribution >= 4 is 15.9 Å². The first-order valence-electron chi connectivity index (χ1n) is 9.82. The molecule has 1 aromatic rings. The molecule has 1 aromatic carbocycles. The molecule has 0 spiro atoms. The van der Waals surface area contributed by atoms with Crippen LogP contribution in [-0.2, 0) is 4.74 Å². The molecule has 1 aliphatic carbocycles. The first kappa shape index (κ1) is 22.2. The molecule has 27 heavy (non-hydrogen) atoms. The molecular formula is C22H28BrF3O. The number of allylic oxidation sites excluding steroid dienone is 2. The Balaban J connectivity index is 1.83. The second kappa shape index (κ2) is 11.1. The molecule has 0 aliphatic heterocycles. The minimum atomic E-state index is -1.60. The summed E-state index contributed by atoms with van der Waals surface area (Å²) in [5.74, 6) is -3.69. The molecule has 0 N–H and O–H groups in total. The van der Waals surface area contributed by atoms with E-state index in [1.165, 1.54) is 62.5 Å². The summed E-state index contributed by atoms with van der Waals surface area (Å²) in [6.45, 7) is 2.53. The summed E-state index contributed by atoms with van der Waals surface area (Å²) in [5.41, 5.74) is 0.110. The van der Waals surface area contributed by atoms with Crippen molar-refractivity contribution in [2.45, 2.75) is 68.7 Å². The fraction of sp³-hybridized carbons (Fsp3) is 0.545. The van der Waals surface area contributed by atoms with E-state index < -0.39 is 27.9 Å². The maximum Gasteiger partial charge on any atom is 0.195 e. The van der Waals surface area contributed by atoms with Crippen LogP contribution in [0.2, 0.25) is 0 Å². The average Bonchev–Trinajstić information content (AvgIpc) is 2.66. The van der Waals surface area contributed by atoms with Crippen molar-refractivity contribution < 1.29 is 17.9 Å². The van der Waals surface area contributed by atoms with E-state index in [-0.39, 0.29) is 5.56 Å². The third-order valence-corrected chi connectivity index (χ3v) is 5.68. The number of hydrogen-bond acceptors (Lipinski definition) is 1. The third-order valence-electron chi connectivity index (χ3n) is 4.84. The van der Waals surface area contributed by atoms with Crippen LogP contribution in [0.5, 0.6) is 0 Å². The molecule has 5 heteroatoms. The largest absolute Gasteiger partial charge is 0.353 e. The van der Waals surface area contributed by atoms with Gasteiger partial charge in [-0.05, 0) is 34.5 Å². The first-order valence-corrected chi connectivity index (χ1v) is 10.6. The maximum absolute atomic E-state index is 14.6. The van der Waals surface area contributed by atoms with E-state index >= 15 is 0 Å². The van der Waals surface area contributed by atoms with E-state index in [1.807, 2.05) is 0 Å². The number of unbranched alkanes of at least 4 members (excludes halogenated alkanes) is 7. The van der Waals surface area contributed by atoms with Crippen LogP contribution in [0.1, 0.15) is 69.8 Å². The van der Waals surface area contributed by atoms with Gasteiger partial charge in [0, 0.05) is 12.2 Å². The molecule has 1 aliphatic rings. The monoisotopic (exact) mass is 444 g/mol. The first-order chi connectivity index (χ1) is 13.0. The fourth-order valence-electron chi connectivity index (χ4n) is 3.21. The van der Waals surface area contributed by atoms with Crippen LogP contribution in [0.15, 0.2) is 48.1 Å². The Hall–Kier alpha value is -1.07. The van der Waals surface area contributed by atoms with Gasteiger partial charge >= 0.3 is 0 Å². The van der Waals surface area contributed by atoms with Crippen molar-refractivity contribution in [2.24, 2.45) is 0 Å². The van der Waals surface area contributed by atoms with Gasteiger partial charge in [0.05, 0.1) is 5.92 Å². The third kappa shape index (κ3) is 6.21. The highest BCUT2D eigenvalue weighted by atomic mass is 79.9. The summed E-state index contributed by atoms with van der Waals surface area (Å²) >= 11 is 3.16. The zero-order valence-electron chi connectivity index (χ0n) is 15.8. The van der Waals surface area contributed by atoms with Crippen LogP contribution < -0.4 is 0 Å². The Morgan fingerprint density at radius 2 is 1.59 bits per heavy atom. The van der Waals surface area contributed by atoms with E-state index in [9.17, 15) is 13.2 Å². The van der Waals surface area contributed by atoms with Gasteiger partial charge in [-0.1, -0.05) is 76.1 Å². The van der Waals surface area contributed by atoms with Crippen molar-refractivity contribution in [1.29, 1.82) is 0 Å². The maximum atomic E-state index is 14.6. The van der Waals surface area contributed by atoms with Gasteiger partial charge in [0.1, 0.15) is 11.6 Å². The molecular weight excluding hydrogens is 417 g/mol. The van der Waals surface area contributed by atoms with Crippen LogP contribution in [0.25, 0.3) is 0 Å². The molecule has 2 unspecified atom stereocenters. The summed E-state index contributed by atoms with van der Waals surface area (Å²) < 4.78 is 47.0. The van der Waals surface area contributed by atoms with Gasteiger partial charge in [-0.15, -0.1) is 0 Å². The smallest absolute Gasteiger partial charge is 0.195 e. The van der Waals surface area contributed by atoms with Crippen LogP contribution in [0.3, 0.4) is 0 Å². The molecule has 0 saturated heterocycles. The molecule has 150 valence electrons. The zero-order chi connectivity index (χ0) is 19.7. The molecule has 0 amide bonds. The molecule has 2 rings (SSSR count). The van der Waals surface area contributed by atoms with Gasteiger partial charge in [0.25, 0.3) is 0 Å². The predicted molar refractivity (Wildman–Crippen MR) is 108 cm³/mol. The fourth-order valence-corrected chi connectivity index (χ4v) is 3.72. The molecule has 2 atom stereocenters. The highest BCUT2D eigenvalue weighted by molar-refractivity contribution is 9.10. The number of alkyl halides is 1. The van der Waals surface area contributed by atoms with Crippen molar-refractivity contribution in [2.75, 3.05) is 6.61 Å². The number of ether oxygens (including phenoxy) is 1. The van der Waals surface area contributed by atoms with Crippen LogP contribution in [0.4, 0.5) is 13.2 Å². The SMILES string of the molecule is CCCCCCCCCCOC1(Br)C=CC(c2ccccc2F)C(F)=C1F. The van der Waals surface area contributed by atoms with E-state index in [1.54, 1.807) is 6.07 Å². The summed E-state index contributed by atoms with van der Waals surface area (Å²) in [5, 5.41) is 0. The Morgan fingerprint density at radius 1 is 0.963 bits per heavy atom. The highest BCUT2D eigenvalue weighted by Gasteiger charge is 2.39. The van der Waals surface area contributed by atoms with Crippen molar-refractivity contribution in [3.8, 4) is 0 Å². The normalized spacial score (nSPS) is 22.5. The number of hydrogen-bond donors (Lipinski definition) is 0. The molecule has 0 bridgehead atoms. The van der Waals surface area contributed by atoms with Crippen molar-refractivity contribution in [3.05, 3.63) is 59.5 Å². The van der Waals surface area contributed by atoms with Gasteiger partial charge < -0.3 is 4.74 Å². The van der Waals surface area contributed by atoms with Gasteiger partial charge in [-0.2, -0.15) is 0 Å². The second-order valence-corrected chi connectivity index (χ2v) is 8.17. The van der Waals surface area contributed by atoms with E-state index in [0.29, 0.717) is 6.61 Å². The Labute approximate surface area is 168 Å². The molecule has 0 heterocycles. The van der Waals surface area contributed by atoms with Crippen LogP contribution in [-0.4, -0.2) is 11.1 Å². The number of rotatable bonds is 11. The van der Waals surface area contributed by atoms with Gasteiger partial charge in [-0.25, -0.2) is 13.2 Å². The minimum Gasteiger partial charge on any atom is -0.353 e. The number of halogens is 4. The standard InChI is InChI=1S/C22H28BrF3O/c1-2-3-4-5-6-7-8-11-16-27-22(23)15-14-18(20(25)21(22)26)17-12-9-10-13-19(17)24/h9-10,12-15,18H,2-8,11,16H2,1H3. The Bertz CT molecular complexity index is 659. The zero-order valence-corrected chi connectivity index (χ0v) is 17.4. The van der Waals surface area contributed by atoms with Crippen molar-refractivity contribution in [1.82, 2.24) is 0 Å². The molecule has 0 fully saturated rings. The lowest BCUT2D eigenvalue weighted by Gasteiger charge is -2.29. The lowest BCUT2D eigenvalue weighted by atomic mass is 9.91. The summed E-state index contributed by atoms with van der Waals surface area (Å²) in [7, 11) is 0. The lowest BCUT2D eigenvalue weighted by molar-refractivity contribution is 0.0655. The summed E-state index contributed by atoms with van der Waals surface area (Å²) in [6, 6.07) is 5.82. The van der Waals surface area contributed by atoms with Gasteiger partial charge in [-0.3, -0.25) is 0 Å². The Kier molecular flexibility index (Phi) is 9.10. The van der Waals surface area contributed by atoms with Crippen LogP contribution in [0, 0.1) is 5.82 Å².